The van der Waals surface area contributed by atoms with E-state index in [0.29, 0.717) is 11.6 Å². The summed E-state index contributed by atoms with van der Waals surface area (Å²) in [6, 6.07) is 5.65. The lowest BCUT2D eigenvalue weighted by molar-refractivity contribution is 0.339. The number of ether oxygens (including phenoxy) is 1. The third-order valence-electron chi connectivity index (χ3n) is 2.45. The van der Waals surface area contributed by atoms with Crippen molar-refractivity contribution in [2.24, 2.45) is 0 Å². The minimum atomic E-state index is 0.0922. The van der Waals surface area contributed by atoms with E-state index in [1.165, 1.54) is 0 Å². The molecule has 0 aliphatic carbocycles. The van der Waals surface area contributed by atoms with Gasteiger partial charge in [0.05, 0.1) is 0 Å². The van der Waals surface area contributed by atoms with E-state index in [0.717, 1.165) is 23.4 Å². The van der Waals surface area contributed by atoms with Gasteiger partial charge in [0.2, 0.25) is 0 Å². The number of rotatable bonds is 5. The van der Waals surface area contributed by atoms with Gasteiger partial charge in [-0.3, -0.25) is 0 Å². The van der Waals surface area contributed by atoms with Crippen molar-refractivity contribution >= 4 is 11.6 Å². The van der Waals surface area contributed by atoms with E-state index in [9.17, 15) is 0 Å². The monoisotopic (exact) mass is 267 g/mol. The summed E-state index contributed by atoms with van der Waals surface area (Å²) in [5.74, 6) is 0.819. The van der Waals surface area contributed by atoms with Crippen molar-refractivity contribution in [3.05, 3.63) is 40.9 Å². The minimum absolute atomic E-state index is 0.0922. The normalized spacial score (nSPS) is 11.4. The fraction of sp³-hybridized carbons (Fsp3) is 0.467. The van der Waals surface area contributed by atoms with Crippen LogP contribution in [-0.4, -0.2) is 18.7 Å². The third-order valence-corrected chi connectivity index (χ3v) is 2.69. The molecule has 100 valence electrons. The predicted octanol–water partition coefficient (Wildman–Crippen LogP) is 3.97. The van der Waals surface area contributed by atoms with Gasteiger partial charge in [0.25, 0.3) is 0 Å². The van der Waals surface area contributed by atoms with Crippen molar-refractivity contribution in [3.8, 4) is 5.75 Å². The second-order valence-electron chi connectivity index (χ2n) is 5.55. The highest BCUT2D eigenvalue weighted by atomic mass is 35.5. The second-order valence-corrected chi connectivity index (χ2v) is 5.99. The largest absolute Gasteiger partial charge is 0.489 e. The summed E-state index contributed by atoms with van der Waals surface area (Å²) in [6.45, 7) is 13.6. The molecule has 1 rings (SSSR count). The number of hydrogen-bond donors (Lipinski definition) is 1. The molecule has 1 aromatic carbocycles. The van der Waals surface area contributed by atoms with E-state index in [1.54, 1.807) is 0 Å². The van der Waals surface area contributed by atoms with Crippen LogP contribution >= 0.6 is 11.6 Å². The van der Waals surface area contributed by atoms with Crippen LogP contribution in [0.4, 0.5) is 0 Å². The zero-order valence-electron chi connectivity index (χ0n) is 11.6. The van der Waals surface area contributed by atoms with Crippen LogP contribution in [0, 0.1) is 6.92 Å². The lowest BCUT2D eigenvalue weighted by Gasteiger charge is -2.21. The number of halogens is 1. The maximum atomic E-state index is 5.94. The van der Waals surface area contributed by atoms with Crippen LogP contribution in [0.5, 0.6) is 5.75 Å². The van der Waals surface area contributed by atoms with E-state index < -0.39 is 0 Å². The van der Waals surface area contributed by atoms with Gasteiger partial charge in [0, 0.05) is 17.1 Å². The molecule has 0 radical (unpaired) electrons. The van der Waals surface area contributed by atoms with Gasteiger partial charge in [-0.05, 0) is 51.0 Å². The molecule has 0 unspecified atom stereocenters. The number of nitrogens with one attached hydrogen (secondary N) is 1. The maximum Gasteiger partial charge on any atom is 0.124 e. The van der Waals surface area contributed by atoms with Crippen molar-refractivity contribution in [1.82, 2.24) is 5.32 Å². The van der Waals surface area contributed by atoms with Gasteiger partial charge in [-0.15, -0.1) is 0 Å². The van der Waals surface area contributed by atoms with Gasteiger partial charge in [-0.1, -0.05) is 24.2 Å². The predicted molar refractivity (Wildman–Crippen MR) is 78.6 cm³/mol. The highest BCUT2D eigenvalue weighted by Crippen LogP contribution is 2.22. The molecule has 0 atom stereocenters. The van der Waals surface area contributed by atoms with Gasteiger partial charge >= 0.3 is 0 Å². The Kier molecular flexibility index (Phi) is 5.24. The number of benzene rings is 1. The average molecular weight is 268 g/mol. The van der Waals surface area contributed by atoms with Crippen LogP contribution < -0.4 is 10.1 Å². The fourth-order valence-corrected chi connectivity index (χ4v) is 1.51. The van der Waals surface area contributed by atoms with Crippen LogP contribution in [0.25, 0.3) is 0 Å². The SMILES string of the molecule is C=C(CNC(C)(C)C)COc1cc(Cl)ccc1C. The fourth-order valence-electron chi connectivity index (χ4n) is 1.35. The Morgan fingerprint density at radius 2 is 2.06 bits per heavy atom. The molecule has 2 nitrogen and oxygen atoms in total. The van der Waals surface area contributed by atoms with Crippen LogP contribution in [-0.2, 0) is 0 Å². The van der Waals surface area contributed by atoms with Gasteiger partial charge in [0.15, 0.2) is 0 Å². The van der Waals surface area contributed by atoms with Crippen LogP contribution in [0.1, 0.15) is 26.3 Å². The molecule has 0 aliphatic rings. The first-order chi connectivity index (χ1) is 8.28. The summed E-state index contributed by atoms with van der Waals surface area (Å²) in [7, 11) is 0. The van der Waals surface area contributed by atoms with Crippen molar-refractivity contribution in [1.29, 1.82) is 0 Å². The smallest absolute Gasteiger partial charge is 0.124 e. The third kappa shape index (κ3) is 5.56. The molecule has 0 heterocycles. The van der Waals surface area contributed by atoms with Crippen LogP contribution in [0.15, 0.2) is 30.4 Å². The van der Waals surface area contributed by atoms with Crippen molar-refractivity contribution in [2.45, 2.75) is 33.2 Å². The lowest BCUT2D eigenvalue weighted by Crippen LogP contribution is -2.37. The zero-order chi connectivity index (χ0) is 13.8. The average Bonchev–Trinajstić information content (AvgIpc) is 2.26. The Bertz CT molecular complexity index is 421. The Morgan fingerprint density at radius 3 is 2.67 bits per heavy atom. The van der Waals surface area contributed by atoms with E-state index >= 15 is 0 Å². The maximum absolute atomic E-state index is 5.94. The number of hydrogen-bond acceptors (Lipinski definition) is 2. The highest BCUT2D eigenvalue weighted by Gasteiger charge is 2.09. The molecule has 0 aliphatic heterocycles. The molecule has 0 saturated carbocycles. The first-order valence-corrected chi connectivity index (χ1v) is 6.46. The zero-order valence-corrected chi connectivity index (χ0v) is 12.4. The van der Waals surface area contributed by atoms with Gasteiger partial charge < -0.3 is 10.1 Å². The van der Waals surface area contributed by atoms with E-state index in [4.69, 9.17) is 16.3 Å². The molecular weight excluding hydrogens is 246 g/mol. The lowest BCUT2D eigenvalue weighted by atomic mass is 10.1. The summed E-state index contributed by atoms with van der Waals surface area (Å²) in [4.78, 5) is 0. The van der Waals surface area contributed by atoms with Gasteiger partial charge in [-0.2, -0.15) is 0 Å². The topological polar surface area (TPSA) is 21.3 Å². The molecule has 0 aromatic heterocycles. The second kappa shape index (κ2) is 6.26. The first-order valence-electron chi connectivity index (χ1n) is 6.08. The Balaban J connectivity index is 2.45. The summed E-state index contributed by atoms with van der Waals surface area (Å²) in [5.41, 5.74) is 2.19. The summed E-state index contributed by atoms with van der Waals surface area (Å²) < 4.78 is 5.72. The van der Waals surface area contributed by atoms with Gasteiger partial charge in [0.1, 0.15) is 12.4 Å². The van der Waals surface area contributed by atoms with Crippen LogP contribution in [0.3, 0.4) is 0 Å². The first kappa shape index (κ1) is 15.1. The standard InChI is InChI=1S/C15H22ClNO/c1-11(9-17-15(3,4)5)10-18-14-8-13(16)7-6-12(14)2/h6-8,17H,1,9-10H2,2-5H3. The Labute approximate surface area is 115 Å². The molecule has 0 saturated heterocycles. The van der Waals surface area contributed by atoms with Crippen molar-refractivity contribution < 1.29 is 4.74 Å². The summed E-state index contributed by atoms with van der Waals surface area (Å²) in [5, 5.41) is 4.07. The Hall–Kier alpha value is -0.990. The molecule has 0 bridgehead atoms. The molecule has 1 N–H and O–H groups in total. The van der Waals surface area contributed by atoms with Crippen LogP contribution in [0.2, 0.25) is 5.02 Å². The molecule has 3 heteroatoms. The van der Waals surface area contributed by atoms with Crippen molar-refractivity contribution in [2.75, 3.05) is 13.2 Å². The van der Waals surface area contributed by atoms with Gasteiger partial charge in [-0.25, -0.2) is 0 Å². The molecular formula is C15H22ClNO. The minimum Gasteiger partial charge on any atom is -0.489 e. The molecule has 0 amide bonds. The molecule has 0 fully saturated rings. The van der Waals surface area contributed by atoms with Crippen molar-refractivity contribution in [3.63, 3.8) is 0 Å². The molecule has 18 heavy (non-hydrogen) atoms. The summed E-state index contributed by atoms with van der Waals surface area (Å²) >= 11 is 5.94. The quantitative estimate of drug-likeness (QED) is 0.815. The summed E-state index contributed by atoms with van der Waals surface area (Å²) in [6.07, 6.45) is 0. The molecule has 1 aromatic rings. The van der Waals surface area contributed by atoms with E-state index in [2.05, 4.69) is 32.7 Å². The van der Waals surface area contributed by atoms with E-state index in [-0.39, 0.29) is 5.54 Å². The number of aryl methyl sites for hydroxylation is 1. The Morgan fingerprint density at radius 1 is 1.39 bits per heavy atom. The highest BCUT2D eigenvalue weighted by molar-refractivity contribution is 6.30. The van der Waals surface area contributed by atoms with E-state index in [1.807, 2.05) is 25.1 Å². The molecule has 0 spiro atoms.